The molecule has 1 aliphatic rings. The zero-order valence-electron chi connectivity index (χ0n) is 12.3. The van der Waals surface area contributed by atoms with Gasteiger partial charge in [-0.3, -0.25) is 9.69 Å². The van der Waals surface area contributed by atoms with Crippen LogP contribution in [0.4, 0.5) is 0 Å². The molecule has 1 saturated heterocycles. The standard InChI is InChI=1S/C15H24N2O4/c18-8-7-17-12(11-19)9-14(20)15(21)13(17)10-16-5-3-1-2-4-6-16/h9,18-19,21H,1-8,10-11H2. The number of hydrogen-bond acceptors (Lipinski definition) is 5. The molecule has 6 heteroatoms. The van der Waals surface area contributed by atoms with Gasteiger partial charge in [-0.25, -0.2) is 0 Å². The van der Waals surface area contributed by atoms with E-state index in [0.717, 1.165) is 25.9 Å². The molecule has 0 saturated carbocycles. The Hall–Kier alpha value is -1.37. The molecule has 1 aliphatic heterocycles. The van der Waals surface area contributed by atoms with Gasteiger partial charge in [0.2, 0.25) is 5.43 Å². The lowest BCUT2D eigenvalue weighted by Crippen LogP contribution is -2.29. The van der Waals surface area contributed by atoms with E-state index in [1.165, 1.54) is 18.9 Å². The predicted octanol–water partition coefficient (Wildman–Crippen LogP) is 0.414. The molecule has 118 valence electrons. The monoisotopic (exact) mass is 296 g/mol. The van der Waals surface area contributed by atoms with E-state index in [2.05, 4.69) is 4.90 Å². The fourth-order valence-corrected chi connectivity index (χ4v) is 2.92. The maximum absolute atomic E-state index is 11.8. The molecular formula is C15H24N2O4. The van der Waals surface area contributed by atoms with Crippen molar-refractivity contribution in [2.75, 3.05) is 19.7 Å². The Balaban J connectivity index is 2.34. The molecule has 0 unspecified atom stereocenters. The van der Waals surface area contributed by atoms with Gasteiger partial charge in [0.05, 0.1) is 18.9 Å². The van der Waals surface area contributed by atoms with E-state index < -0.39 is 5.43 Å². The number of aromatic nitrogens is 1. The zero-order chi connectivity index (χ0) is 15.2. The molecule has 21 heavy (non-hydrogen) atoms. The summed E-state index contributed by atoms with van der Waals surface area (Å²) in [4.78, 5) is 14.0. The van der Waals surface area contributed by atoms with Gasteiger partial charge in [-0.15, -0.1) is 0 Å². The largest absolute Gasteiger partial charge is 0.503 e. The number of nitrogens with zero attached hydrogens (tertiary/aromatic N) is 2. The van der Waals surface area contributed by atoms with Crippen LogP contribution in [-0.2, 0) is 19.7 Å². The normalized spacial score (nSPS) is 16.9. The maximum atomic E-state index is 11.8. The summed E-state index contributed by atoms with van der Waals surface area (Å²) >= 11 is 0. The van der Waals surface area contributed by atoms with Crippen molar-refractivity contribution in [1.82, 2.24) is 9.47 Å². The van der Waals surface area contributed by atoms with E-state index in [1.54, 1.807) is 4.57 Å². The summed E-state index contributed by atoms with van der Waals surface area (Å²) in [5.74, 6) is -0.273. The van der Waals surface area contributed by atoms with Gasteiger partial charge in [-0.05, 0) is 25.9 Å². The third-order valence-electron chi connectivity index (χ3n) is 4.03. The van der Waals surface area contributed by atoms with Gasteiger partial charge >= 0.3 is 0 Å². The molecule has 2 heterocycles. The molecule has 0 radical (unpaired) electrons. The summed E-state index contributed by atoms with van der Waals surface area (Å²) in [6.45, 7) is 2.21. The van der Waals surface area contributed by atoms with Crippen molar-refractivity contribution in [3.63, 3.8) is 0 Å². The summed E-state index contributed by atoms with van der Waals surface area (Å²) < 4.78 is 1.65. The van der Waals surface area contributed by atoms with Gasteiger partial charge < -0.3 is 19.9 Å². The van der Waals surface area contributed by atoms with Crippen LogP contribution in [0.2, 0.25) is 0 Å². The van der Waals surface area contributed by atoms with Crippen molar-refractivity contribution in [3.8, 4) is 5.75 Å². The average Bonchev–Trinajstić information content (AvgIpc) is 2.75. The van der Waals surface area contributed by atoms with Gasteiger partial charge in [0.1, 0.15) is 0 Å². The van der Waals surface area contributed by atoms with Crippen LogP contribution >= 0.6 is 0 Å². The van der Waals surface area contributed by atoms with Gasteiger partial charge in [0, 0.05) is 24.8 Å². The second-order valence-corrected chi connectivity index (χ2v) is 5.52. The van der Waals surface area contributed by atoms with Gasteiger partial charge in [-0.2, -0.15) is 0 Å². The molecule has 3 N–H and O–H groups in total. The highest BCUT2D eigenvalue weighted by atomic mass is 16.3. The van der Waals surface area contributed by atoms with Crippen molar-refractivity contribution in [2.45, 2.75) is 45.4 Å². The molecule has 0 atom stereocenters. The average molecular weight is 296 g/mol. The quantitative estimate of drug-likeness (QED) is 0.733. The number of aliphatic hydroxyl groups excluding tert-OH is 2. The minimum absolute atomic E-state index is 0.109. The lowest BCUT2D eigenvalue weighted by Gasteiger charge is -2.24. The highest BCUT2D eigenvalue weighted by Gasteiger charge is 2.18. The van der Waals surface area contributed by atoms with Crippen molar-refractivity contribution in [3.05, 3.63) is 27.7 Å². The first-order valence-electron chi connectivity index (χ1n) is 7.56. The first-order chi connectivity index (χ1) is 10.2. The molecule has 0 spiro atoms. The molecule has 2 rings (SSSR count). The van der Waals surface area contributed by atoms with E-state index in [1.807, 2.05) is 0 Å². The Labute approximate surface area is 124 Å². The summed E-state index contributed by atoms with van der Waals surface area (Å²) in [6, 6.07) is 1.23. The fraction of sp³-hybridized carbons (Fsp3) is 0.667. The Kier molecular flexibility index (Phi) is 5.78. The first-order valence-corrected chi connectivity index (χ1v) is 7.56. The lowest BCUT2D eigenvalue weighted by molar-refractivity contribution is 0.230. The second kappa shape index (κ2) is 7.59. The van der Waals surface area contributed by atoms with E-state index in [0.29, 0.717) is 17.9 Å². The Morgan fingerprint density at radius 1 is 1.10 bits per heavy atom. The third kappa shape index (κ3) is 3.84. The van der Waals surface area contributed by atoms with Crippen LogP contribution in [0, 0.1) is 0 Å². The zero-order valence-corrected chi connectivity index (χ0v) is 12.3. The third-order valence-corrected chi connectivity index (χ3v) is 4.03. The van der Waals surface area contributed by atoms with E-state index in [-0.39, 0.29) is 25.5 Å². The molecular weight excluding hydrogens is 272 g/mol. The van der Waals surface area contributed by atoms with Gasteiger partial charge in [0.15, 0.2) is 5.75 Å². The summed E-state index contributed by atoms with van der Waals surface area (Å²) in [5, 5.41) is 28.7. The number of rotatable bonds is 5. The van der Waals surface area contributed by atoms with Crippen molar-refractivity contribution in [1.29, 1.82) is 0 Å². The van der Waals surface area contributed by atoms with Crippen LogP contribution < -0.4 is 5.43 Å². The van der Waals surface area contributed by atoms with Crippen LogP contribution in [0.3, 0.4) is 0 Å². The van der Waals surface area contributed by atoms with Crippen LogP contribution in [0.1, 0.15) is 37.1 Å². The number of hydrogen-bond donors (Lipinski definition) is 3. The minimum Gasteiger partial charge on any atom is -0.503 e. The highest BCUT2D eigenvalue weighted by Crippen LogP contribution is 2.19. The Morgan fingerprint density at radius 2 is 1.76 bits per heavy atom. The topological polar surface area (TPSA) is 85.9 Å². The molecule has 0 aliphatic carbocycles. The van der Waals surface area contributed by atoms with Crippen LogP contribution in [0.15, 0.2) is 10.9 Å². The summed E-state index contributed by atoms with van der Waals surface area (Å²) in [7, 11) is 0. The van der Waals surface area contributed by atoms with Crippen molar-refractivity contribution in [2.24, 2.45) is 0 Å². The fourth-order valence-electron chi connectivity index (χ4n) is 2.92. The summed E-state index contributed by atoms with van der Waals surface area (Å²) in [5.41, 5.74) is 0.442. The van der Waals surface area contributed by atoms with E-state index in [9.17, 15) is 20.1 Å². The van der Waals surface area contributed by atoms with E-state index in [4.69, 9.17) is 0 Å². The minimum atomic E-state index is -0.474. The highest BCUT2D eigenvalue weighted by molar-refractivity contribution is 5.30. The SMILES string of the molecule is O=c1cc(CO)n(CCO)c(CN2CCCCCC2)c1O. The molecule has 0 aromatic carbocycles. The molecule has 1 aromatic rings. The van der Waals surface area contributed by atoms with Crippen LogP contribution in [-0.4, -0.2) is 44.5 Å². The number of likely N-dealkylation sites (tertiary alicyclic amines) is 1. The van der Waals surface area contributed by atoms with Crippen molar-refractivity contribution < 1.29 is 15.3 Å². The molecule has 6 nitrogen and oxygen atoms in total. The smallest absolute Gasteiger partial charge is 0.223 e. The van der Waals surface area contributed by atoms with Crippen molar-refractivity contribution >= 4 is 0 Å². The molecule has 0 amide bonds. The van der Waals surface area contributed by atoms with E-state index >= 15 is 0 Å². The first kappa shape index (κ1) is 16.0. The van der Waals surface area contributed by atoms with Crippen LogP contribution in [0.5, 0.6) is 5.75 Å². The van der Waals surface area contributed by atoms with Crippen LogP contribution in [0.25, 0.3) is 0 Å². The summed E-state index contributed by atoms with van der Waals surface area (Å²) in [6.07, 6.45) is 4.65. The number of pyridine rings is 1. The second-order valence-electron chi connectivity index (χ2n) is 5.52. The molecule has 1 aromatic heterocycles. The van der Waals surface area contributed by atoms with Gasteiger partial charge in [0.25, 0.3) is 0 Å². The number of aliphatic hydroxyl groups is 2. The molecule has 0 bridgehead atoms. The molecule has 1 fully saturated rings. The maximum Gasteiger partial charge on any atom is 0.223 e. The Morgan fingerprint density at radius 3 is 2.33 bits per heavy atom. The van der Waals surface area contributed by atoms with Gasteiger partial charge in [-0.1, -0.05) is 12.8 Å². The lowest BCUT2D eigenvalue weighted by atomic mass is 10.2. The number of aromatic hydroxyl groups is 1. The predicted molar refractivity (Wildman–Crippen MR) is 79.1 cm³/mol. The Bertz CT molecular complexity index is 519.